The number of carbonyl (C=O) groups is 2. The fourth-order valence-corrected chi connectivity index (χ4v) is 1.41. The predicted octanol–water partition coefficient (Wildman–Crippen LogP) is -0.777. The van der Waals surface area contributed by atoms with E-state index in [2.05, 4.69) is 11.7 Å². The second-order valence-electron chi connectivity index (χ2n) is 3.44. The number of carboxylic acid groups (broad SMARTS) is 1. The Morgan fingerprint density at radius 3 is 2.82 bits per heavy atom. The van der Waals surface area contributed by atoms with Crippen molar-refractivity contribution >= 4 is 17.6 Å². The molecular formula is C10H14N2O5. The summed E-state index contributed by atoms with van der Waals surface area (Å²) in [6.45, 7) is 3.73. The SMILES string of the molecule is C=CCN(CCO)C(=O)C1CC(C(=O)O)=NO1. The van der Waals surface area contributed by atoms with Gasteiger partial charge in [0.05, 0.1) is 6.61 Å². The number of aliphatic carboxylic acids is 1. The van der Waals surface area contributed by atoms with Gasteiger partial charge in [-0.3, -0.25) is 4.79 Å². The van der Waals surface area contributed by atoms with Crippen molar-refractivity contribution in [3.8, 4) is 0 Å². The molecule has 0 fully saturated rings. The van der Waals surface area contributed by atoms with Crippen molar-refractivity contribution in [3.05, 3.63) is 12.7 Å². The molecule has 1 aliphatic rings. The minimum absolute atomic E-state index is 0.0623. The first-order chi connectivity index (χ1) is 8.10. The van der Waals surface area contributed by atoms with Gasteiger partial charge < -0.3 is 20.0 Å². The molecule has 7 nitrogen and oxygen atoms in total. The zero-order chi connectivity index (χ0) is 12.8. The molecule has 0 aromatic rings. The number of aliphatic hydroxyl groups is 1. The van der Waals surface area contributed by atoms with Crippen LogP contribution in [0.2, 0.25) is 0 Å². The monoisotopic (exact) mass is 242 g/mol. The zero-order valence-corrected chi connectivity index (χ0v) is 9.20. The molecule has 1 amide bonds. The van der Waals surface area contributed by atoms with Crippen LogP contribution in [0.15, 0.2) is 17.8 Å². The molecule has 1 atom stereocenters. The lowest BCUT2D eigenvalue weighted by Crippen LogP contribution is -2.41. The summed E-state index contributed by atoms with van der Waals surface area (Å²) in [5.41, 5.74) is -0.175. The summed E-state index contributed by atoms with van der Waals surface area (Å²) < 4.78 is 0. The van der Waals surface area contributed by atoms with E-state index in [-0.39, 0.29) is 31.8 Å². The number of carboxylic acids is 1. The number of hydrogen-bond donors (Lipinski definition) is 2. The van der Waals surface area contributed by atoms with Gasteiger partial charge in [0.2, 0.25) is 6.10 Å². The van der Waals surface area contributed by atoms with Gasteiger partial charge >= 0.3 is 5.97 Å². The van der Waals surface area contributed by atoms with Gasteiger partial charge in [0.15, 0.2) is 5.71 Å². The second-order valence-corrected chi connectivity index (χ2v) is 3.44. The fourth-order valence-electron chi connectivity index (χ4n) is 1.41. The van der Waals surface area contributed by atoms with Crippen molar-refractivity contribution in [2.75, 3.05) is 19.7 Å². The van der Waals surface area contributed by atoms with Crippen molar-refractivity contribution in [3.63, 3.8) is 0 Å². The number of rotatable bonds is 6. The van der Waals surface area contributed by atoms with Gasteiger partial charge in [0.25, 0.3) is 5.91 Å². The fraction of sp³-hybridized carbons (Fsp3) is 0.500. The first-order valence-corrected chi connectivity index (χ1v) is 5.06. The first kappa shape index (κ1) is 13.2. The average Bonchev–Trinajstić information content (AvgIpc) is 2.77. The molecule has 0 bridgehead atoms. The Morgan fingerprint density at radius 2 is 2.35 bits per heavy atom. The van der Waals surface area contributed by atoms with E-state index in [0.717, 1.165) is 0 Å². The van der Waals surface area contributed by atoms with Crippen molar-refractivity contribution in [1.29, 1.82) is 0 Å². The molecule has 0 saturated carbocycles. The summed E-state index contributed by atoms with van der Waals surface area (Å²) in [6.07, 6.45) is 0.530. The van der Waals surface area contributed by atoms with Crippen LogP contribution in [-0.4, -0.2) is 58.5 Å². The van der Waals surface area contributed by atoms with Crippen LogP contribution in [0.3, 0.4) is 0 Å². The Morgan fingerprint density at radius 1 is 1.65 bits per heavy atom. The maximum atomic E-state index is 11.9. The number of aliphatic hydroxyl groups excluding tert-OH is 1. The molecule has 0 saturated heterocycles. The lowest BCUT2D eigenvalue weighted by molar-refractivity contribution is -0.142. The predicted molar refractivity (Wildman–Crippen MR) is 58.4 cm³/mol. The molecule has 17 heavy (non-hydrogen) atoms. The van der Waals surface area contributed by atoms with Crippen molar-refractivity contribution in [1.82, 2.24) is 4.90 Å². The lowest BCUT2D eigenvalue weighted by Gasteiger charge is -2.22. The maximum absolute atomic E-state index is 11.9. The molecule has 1 heterocycles. The highest BCUT2D eigenvalue weighted by molar-refractivity contribution is 6.36. The molecule has 0 aromatic heterocycles. The Balaban J connectivity index is 2.59. The highest BCUT2D eigenvalue weighted by Gasteiger charge is 2.33. The van der Waals surface area contributed by atoms with Crippen molar-refractivity contribution in [2.24, 2.45) is 5.16 Å². The largest absolute Gasteiger partial charge is 0.477 e. The topological polar surface area (TPSA) is 99.4 Å². The first-order valence-electron chi connectivity index (χ1n) is 5.06. The van der Waals surface area contributed by atoms with Crippen LogP contribution in [0.5, 0.6) is 0 Å². The lowest BCUT2D eigenvalue weighted by atomic mass is 10.1. The third-order valence-corrected chi connectivity index (χ3v) is 2.22. The van der Waals surface area contributed by atoms with Gasteiger partial charge in [0.1, 0.15) is 0 Å². The van der Waals surface area contributed by atoms with Crippen molar-refractivity contribution in [2.45, 2.75) is 12.5 Å². The maximum Gasteiger partial charge on any atom is 0.353 e. The third-order valence-electron chi connectivity index (χ3n) is 2.22. The molecule has 0 radical (unpaired) electrons. The molecule has 2 N–H and O–H groups in total. The second kappa shape index (κ2) is 6.00. The summed E-state index contributed by atoms with van der Waals surface area (Å²) in [5, 5.41) is 20.8. The molecule has 1 rings (SSSR count). The summed E-state index contributed by atoms with van der Waals surface area (Å²) >= 11 is 0. The Labute approximate surface area is 98.0 Å². The highest BCUT2D eigenvalue weighted by atomic mass is 16.6. The number of nitrogens with zero attached hydrogens (tertiary/aromatic N) is 2. The number of oxime groups is 1. The summed E-state index contributed by atoms with van der Waals surface area (Å²) in [4.78, 5) is 28.6. The van der Waals surface area contributed by atoms with Gasteiger partial charge in [-0.2, -0.15) is 0 Å². The van der Waals surface area contributed by atoms with Gasteiger partial charge in [-0.15, -0.1) is 6.58 Å². The van der Waals surface area contributed by atoms with E-state index in [0.29, 0.717) is 0 Å². The van der Waals surface area contributed by atoms with E-state index >= 15 is 0 Å². The Hall–Kier alpha value is -1.89. The summed E-state index contributed by atoms with van der Waals surface area (Å²) in [5.74, 6) is -1.60. The van der Waals surface area contributed by atoms with E-state index < -0.39 is 18.0 Å². The van der Waals surface area contributed by atoms with E-state index in [4.69, 9.17) is 15.1 Å². The molecular weight excluding hydrogens is 228 g/mol. The van der Waals surface area contributed by atoms with Crippen LogP contribution in [-0.2, 0) is 14.4 Å². The molecule has 7 heteroatoms. The van der Waals surface area contributed by atoms with E-state index in [1.165, 1.54) is 11.0 Å². The van der Waals surface area contributed by atoms with E-state index in [1.54, 1.807) is 0 Å². The Kier molecular flexibility index (Phi) is 4.65. The van der Waals surface area contributed by atoms with Crippen molar-refractivity contribution < 1.29 is 24.6 Å². The quantitative estimate of drug-likeness (QED) is 0.595. The standard InChI is InChI=1S/C10H14N2O5/c1-2-3-12(4-5-13)9(14)8-6-7(10(15)16)11-17-8/h2,8,13H,1,3-6H2,(H,15,16). The molecule has 94 valence electrons. The summed E-state index contributed by atoms with van der Waals surface area (Å²) in [6, 6.07) is 0. The summed E-state index contributed by atoms with van der Waals surface area (Å²) in [7, 11) is 0. The van der Waals surface area contributed by atoms with Crippen LogP contribution in [0.25, 0.3) is 0 Å². The average molecular weight is 242 g/mol. The van der Waals surface area contributed by atoms with Crippen LogP contribution >= 0.6 is 0 Å². The third kappa shape index (κ3) is 3.28. The van der Waals surface area contributed by atoms with Gasteiger partial charge in [-0.25, -0.2) is 4.79 Å². The highest BCUT2D eigenvalue weighted by Crippen LogP contribution is 2.13. The zero-order valence-electron chi connectivity index (χ0n) is 9.20. The number of hydrogen-bond acceptors (Lipinski definition) is 5. The smallest absolute Gasteiger partial charge is 0.353 e. The molecule has 0 aliphatic carbocycles. The van der Waals surface area contributed by atoms with E-state index in [9.17, 15) is 9.59 Å². The van der Waals surface area contributed by atoms with Gasteiger partial charge in [0, 0.05) is 19.5 Å². The van der Waals surface area contributed by atoms with Gasteiger partial charge in [-0.05, 0) is 0 Å². The molecule has 0 spiro atoms. The molecule has 1 aliphatic heterocycles. The van der Waals surface area contributed by atoms with Crippen LogP contribution in [0.4, 0.5) is 0 Å². The minimum Gasteiger partial charge on any atom is -0.477 e. The minimum atomic E-state index is -1.20. The van der Waals surface area contributed by atoms with E-state index in [1.807, 2.05) is 0 Å². The van der Waals surface area contributed by atoms with Crippen LogP contribution < -0.4 is 0 Å². The number of carbonyl (C=O) groups excluding carboxylic acids is 1. The molecule has 1 unspecified atom stereocenters. The van der Waals surface area contributed by atoms with Crippen LogP contribution in [0.1, 0.15) is 6.42 Å². The Bertz CT molecular complexity index is 353. The van der Waals surface area contributed by atoms with Crippen LogP contribution in [0, 0.1) is 0 Å². The van der Waals surface area contributed by atoms with Gasteiger partial charge in [-0.1, -0.05) is 11.2 Å². The molecule has 0 aromatic carbocycles. The normalized spacial score (nSPS) is 18.2. The number of amides is 1.